The van der Waals surface area contributed by atoms with Gasteiger partial charge in [0.2, 0.25) is 0 Å². The predicted octanol–water partition coefficient (Wildman–Crippen LogP) is 1.62. The zero-order valence-electron chi connectivity index (χ0n) is 8.49. The molecule has 2 rings (SSSR count). The van der Waals surface area contributed by atoms with E-state index in [9.17, 15) is 4.79 Å². The summed E-state index contributed by atoms with van der Waals surface area (Å²) in [6.45, 7) is 1.73. The average molecular weight is 204 g/mol. The number of aryl methyl sites for hydroxylation is 1. The molecule has 4 heteroatoms. The number of nitrogens with zero attached hydrogens (tertiary/aromatic N) is 1. The molecule has 0 aromatic carbocycles. The van der Waals surface area contributed by atoms with E-state index in [-0.39, 0.29) is 11.9 Å². The van der Waals surface area contributed by atoms with Crippen molar-refractivity contribution in [2.24, 2.45) is 5.92 Å². The lowest BCUT2D eigenvalue weighted by Gasteiger charge is -2.09. The van der Waals surface area contributed by atoms with E-state index < -0.39 is 0 Å². The zero-order valence-corrected chi connectivity index (χ0v) is 8.49. The Hall–Kier alpha value is -1.76. The van der Waals surface area contributed by atoms with E-state index in [2.05, 4.69) is 11.4 Å². The molecule has 1 unspecified atom stereocenters. The maximum absolute atomic E-state index is 11.7. The summed E-state index contributed by atoms with van der Waals surface area (Å²) in [6, 6.07) is 3.38. The second kappa shape index (κ2) is 3.77. The van der Waals surface area contributed by atoms with Crippen LogP contribution in [0.4, 0.5) is 0 Å². The van der Waals surface area contributed by atoms with Crippen LogP contribution >= 0.6 is 0 Å². The van der Waals surface area contributed by atoms with Gasteiger partial charge >= 0.3 is 0 Å². The van der Waals surface area contributed by atoms with Gasteiger partial charge in [-0.3, -0.25) is 4.79 Å². The molecule has 1 aromatic heterocycles. The van der Waals surface area contributed by atoms with Crippen LogP contribution in [0, 0.1) is 24.2 Å². The van der Waals surface area contributed by atoms with Crippen LogP contribution in [0.3, 0.4) is 0 Å². The standard InChI is InChI=1S/C11H12N2O2/c1-7-9(4-5-15-7)11(14)13-10(6-12)8-2-3-8/h4-5,8,10H,2-3H2,1H3,(H,13,14). The lowest BCUT2D eigenvalue weighted by Crippen LogP contribution is -2.35. The number of furan rings is 1. The Morgan fingerprint density at radius 2 is 2.47 bits per heavy atom. The summed E-state index contributed by atoms with van der Waals surface area (Å²) < 4.78 is 5.03. The predicted molar refractivity (Wildman–Crippen MR) is 53.0 cm³/mol. The zero-order chi connectivity index (χ0) is 10.8. The summed E-state index contributed by atoms with van der Waals surface area (Å²) in [4.78, 5) is 11.7. The highest BCUT2D eigenvalue weighted by atomic mass is 16.3. The van der Waals surface area contributed by atoms with E-state index in [4.69, 9.17) is 9.68 Å². The van der Waals surface area contributed by atoms with Crippen molar-refractivity contribution < 1.29 is 9.21 Å². The minimum Gasteiger partial charge on any atom is -0.469 e. The third-order valence-corrected chi connectivity index (χ3v) is 2.62. The van der Waals surface area contributed by atoms with Crippen molar-refractivity contribution in [3.63, 3.8) is 0 Å². The number of carbonyl (C=O) groups is 1. The van der Waals surface area contributed by atoms with Gasteiger partial charge < -0.3 is 9.73 Å². The fraction of sp³-hybridized carbons (Fsp3) is 0.455. The van der Waals surface area contributed by atoms with E-state index in [1.165, 1.54) is 6.26 Å². The summed E-state index contributed by atoms with van der Waals surface area (Å²) >= 11 is 0. The molecule has 0 radical (unpaired) electrons. The monoisotopic (exact) mass is 204 g/mol. The lowest BCUT2D eigenvalue weighted by molar-refractivity contribution is 0.0940. The summed E-state index contributed by atoms with van der Waals surface area (Å²) in [5.41, 5.74) is 0.510. The van der Waals surface area contributed by atoms with Crippen LogP contribution < -0.4 is 5.32 Å². The van der Waals surface area contributed by atoms with Gasteiger partial charge in [-0.25, -0.2) is 0 Å². The Labute approximate surface area is 87.9 Å². The summed E-state index contributed by atoms with van der Waals surface area (Å²) in [7, 11) is 0. The first-order valence-electron chi connectivity index (χ1n) is 4.97. The van der Waals surface area contributed by atoms with Crippen molar-refractivity contribution in [2.75, 3.05) is 0 Å². The first-order valence-corrected chi connectivity index (χ1v) is 4.97. The van der Waals surface area contributed by atoms with E-state index in [0.29, 0.717) is 17.2 Å². The van der Waals surface area contributed by atoms with Gasteiger partial charge in [-0.2, -0.15) is 5.26 Å². The normalized spacial score (nSPS) is 16.8. The van der Waals surface area contributed by atoms with Crippen LogP contribution in [0.1, 0.15) is 29.0 Å². The molecule has 78 valence electrons. The van der Waals surface area contributed by atoms with Gasteiger partial charge in [0.15, 0.2) is 0 Å². The lowest BCUT2D eigenvalue weighted by atomic mass is 10.2. The summed E-state index contributed by atoms with van der Waals surface area (Å²) in [5, 5.41) is 11.6. The Bertz CT molecular complexity index is 412. The largest absolute Gasteiger partial charge is 0.469 e. The van der Waals surface area contributed by atoms with Gasteiger partial charge in [0.25, 0.3) is 5.91 Å². The van der Waals surface area contributed by atoms with Crippen LogP contribution in [0.5, 0.6) is 0 Å². The first kappa shape index (κ1) is 9.78. The smallest absolute Gasteiger partial charge is 0.255 e. The van der Waals surface area contributed by atoms with Gasteiger partial charge in [-0.1, -0.05) is 0 Å². The molecule has 0 bridgehead atoms. The Morgan fingerprint density at radius 1 is 1.73 bits per heavy atom. The second-order valence-corrected chi connectivity index (χ2v) is 3.81. The van der Waals surface area contributed by atoms with Crippen LogP contribution in [-0.4, -0.2) is 11.9 Å². The molecule has 1 N–H and O–H groups in total. The van der Waals surface area contributed by atoms with Crippen LogP contribution in [0.25, 0.3) is 0 Å². The van der Waals surface area contributed by atoms with Crippen molar-refractivity contribution >= 4 is 5.91 Å². The van der Waals surface area contributed by atoms with Gasteiger partial charge in [0, 0.05) is 0 Å². The highest BCUT2D eigenvalue weighted by Gasteiger charge is 2.32. The molecule has 1 fully saturated rings. The highest BCUT2D eigenvalue weighted by molar-refractivity contribution is 5.95. The number of carbonyl (C=O) groups excluding carboxylic acids is 1. The highest BCUT2D eigenvalue weighted by Crippen LogP contribution is 2.32. The summed E-state index contributed by atoms with van der Waals surface area (Å²) in [5.74, 6) is 0.700. The number of nitriles is 1. The Balaban J connectivity index is 2.03. The van der Waals surface area contributed by atoms with Crippen molar-refractivity contribution in [3.8, 4) is 6.07 Å². The minimum absolute atomic E-state index is 0.222. The molecule has 0 aliphatic heterocycles. The molecule has 0 spiro atoms. The second-order valence-electron chi connectivity index (χ2n) is 3.81. The number of rotatable bonds is 3. The van der Waals surface area contributed by atoms with Crippen LogP contribution in [0.15, 0.2) is 16.7 Å². The fourth-order valence-electron chi connectivity index (χ4n) is 1.52. The van der Waals surface area contributed by atoms with Crippen LogP contribution in [0.2, 0.25) is 0 Å². The molecule has 1 amide bonds. The fourth-order valence-corrected chi connectivity index (χ4v) is 1.52. The van der Waals surface area contributed by atoms with Gasteiger partial charge in [0.1, 0.15) is 11.8 Å². The van der Waals surface area contributed by atoms with Crippen molar-refractivity contribution in [1.29, 1.82) is 5.26 Å². The molecule has 1 aliphatic rings. The molecule has 1 aliphatic carbocycles. The topological polar surface area (TPSA) is 66.0 Å². The maximum Gasteiger partial charge on any atom is 0.255 e. The number of nitrogens with one attached hydrogen (secondary N) is 1. The van der Waals surface area contributed by atoms with Crippen molar-refractivity contribution in [2.45, 2.75) is 25.8 Å². The molecule has 15 heavy (non-hydrogen) atoms. The molecular weight excluding hydrogens is 192 g/mol. The van der Waals surface area contributed by atoms with E-state index in [0.717, 1.165) is 12.8 Å². The SMILES string of the molecule is Cc1occc1C(=O)NC(C#N)C1CC1. The van der Waals surface area contributed by atoms with Crippen molar-refractivity contribution in [1.82, 2.24) is 5.32 Å². The quantitative estimate of drug-likeness (QED) is 0.813. The van der Waals surface area contributed by atoms with E-state index in [1.54, 1.807) is 13.0 Å². The number of amides is 1. The Morgan fingerprint density at radius 3 is 2.93 bits per heavy atom. The molecule has 0 saturated heterocycles. The van der Waals surface area contributed by atoms with E-state index >= 15 is 0 Å². The molecule has 1 saturated carbocycles. The van der Waals surface area contributed by atoms with Gasteiger partial charge in [-0.05, 0) is 31.7 Å². The van der Waals surface area contributed by atoms with Crippen LogP contribution in [-0.2, 0) is 0 Å². The molecule has 1 aromatic rings. The third kappa shape index (κ3) is 2.01. The third-order valence-electron chi connectivity index (χ3n) is 2.62. The summed E-state index contributed by atoms with van der Waals surface area (Å²) in [6.07, 6.45) is 3.54. The van der Waals surface area contributed by atoms with Gasteiger partial charge in [-0.15, -0.1) is 0 Å². The molecule has 1 heterocycles. The van der Waals surface area contributed by atoms with Crippen molar-refractivity contribution in [3.05, 3.63) is 23.7 Å². The van der Waals surface area contributed by atoms with Gasteiger partial charge in [0.05, 0.1) is 17.9 Å². The maximum atomic E-state index is 11.7. The number of hydrogen-bond acceptors (Lipinski definition) is 3. The average Bonchev–Trinajstić information content (AvgIpc) is 2.97. The molecule has 1 atom stereocenters. The molecular formula is C11H12N2O2. The Kier molecular flexibility index (Phi) is 2.46. The number of hydrogen-bond donors (Lipinski definition) is 1. The first-order chi connectivity index (χ1) is 7.22. The minimum atomic E-state index is -0.355. The molecule has 4 nitrogen and oxygen atoms in total. The van der Waals surface area contributed by atoms with E-state index in [1.807, 2.05) is 0 Å².